The minimum absolute atomic E-state index is 0.00669. The van der Waals surface area contributed by atoms with Crippen molar-refractivity contribution in [2.24, 2.45) is 11.3 Å². The van der Waals surface area contributed by atoms with Gasteiger partial charge in [-0.15, -0.1) is 11.3 Å². The second kappa shape index (κ2) is 13.6. The van der Waals surface area contributed by atoms with Crippen molar-refractivity contribution in [2.45, 2.75) is 81.9 Å². The first-order valence-electron chi connectivity index (χ1n) is 17.1. The van der Waals surface area contributed by atoms with Gasteiger partial charge >= 0.3 is 6.18 Å². The number of hydrogen-bond donors (Lipinski definition) is 1. The average molecular weight is 780 g/mol. The van der Waals surface area contributed by atoms with Gasteiger partial charge in [0.1, 0.15) is 28.6 Å². The van der Waals surface area contributed by atoms with Gasteiger partial charge in [-0.1, -0.05) is 29.8 Å². The molecule has 2 saturated carbocycles. The molecule has 1 saturated heterocycles. The van der Waals surface area contributed by atoms with Gasteiger partial charge in [0.2, 0.25) is 27.7 Å². The number of nitrogens with one attached hydrogen (secondary N) is 1. The van der Waals surface area contributed by atoms with Crippen molar-refractivity contribution in [3.8, 4) is 16.5 Å². The van der Waals surface area contributed by atoms with Crippen LogP contribution >= 0.6 is 22.9 Å². The Balaban J connectivity index is 1.21. The summed E-state index contributed by atoms with van der Waals surface area (Å²) in [5.74, 6) is -1.58. The van der Waals surface area contributed by atoms with Crippen molar-refractivity contribution in [1.82, 2.24) is 24.5 Å². The molecule has 4 heterocycles. The molecule has 1 N–H and O–H groups in total. The number of nitrogens with zero attached hydrogens (tertiary/aromatic N) is 4. The lowest BCUT2D eigenvalue weighted by atomic mass is 9.96. The van der Waals surface area contributed by atoms with E-state index in [2.05, 4.69) is 14.7 Å². The summed E-state index contributed by atoms with van der Waals surface area (Å²) in [5.41, 5.74) is -1.23. The summed E-state index contributed by atoms with van der Waals surface area (Å²) in [4.78, 5) is 53.0. The molecule has 17 heteroatoms. The molecule has 7 rings (SSSR count). The van der Waals surface area contributed by atoms with Crippen LogP contribution in [0.3, 0.4) is 0 Å². The van der Waals surface area contributed by atoms with E-state index in [1.165, 1.54) is 11.0 Å². The lowest BCUT2D eigenvalue weighted by Gasteiger charge is -2.29. The summed E-state index contributed by atoms with van der Waals surface area (Å²) in [6, 6.07) is 4.05. The topological polar surface area (TPSA) is 139 Å². The van der Waals surface area contributed by atoms with Crippen molar-refractivity contribution in [1.29, 1.82) is 0 Å². The van der Waals surface area contributed by atoms with Gasteiger partial charge in [0.05, 0.1) is 27.7 Å². The highest BCUT2D eigenvalue weighted by Crippen LogP contribution is 2.57. The Morgan fingerprint density at radius 2 is 1.94 bits per heavy atom. The lowest BCUT2D eigenvalue weighted by molar-refractivity contribution is -0.144. The molecular weight excluding hydrogens is 743 g/mol. The SMILES string of the molecule is Cc1ccc2c(OC3C[C@H]4C(=O)N(C)CCCC/C=C\[C@@H]5C[C@@]5(C(=O)NS(=O)(=O)C5CC5)CC(=O)N4C3)cc(-c3nc(C(F)(F)F)cs3)nc2c1Cl. The predicted octanol–water partition coefficient (Wildman–Crippen LogP) is 5.89. The fourth-order valence-electron chi connectivity index (χ4n) is 7.06. The van der Waals surface area contributed by atoms with Crippen molar-refractivity contribution in [2.75, 3.05) is 20.1 Å². The number of fused-ring (bicyclic) bond motifs is 3. The van der Waals surface area contributed by atoms with E-state index in [0.717, 1.165) is 23.1 Å². The van der Waals surface area contributed by atoms with E-state index in [9.17, 15) is 36.0 Å². The van der Waals surface area contributed by atoms with Gasteiger partial charge in [0, 0.05) is 43.3 Å². The molecule has 0 radical (unpaired) electrons. The summed E-state index contributed by atoms with van der Waals surface area (Å²) in [6.07, 6.45) is 1.72. The van der Waals surface area contributed by atoms with Gasteiger partial charge in [-0.2, -0.15) is 13.2 Å². The Bertz CT molecular complexity index is 2090. The average Bonchev–Trinajstić information content (AvgIpc) is 3.96. The summed E-state index contributed by atoms with van der Waals surface area (Å²) >= 11 is 7.42. The number of carbonyl (C=O) groups is 3. The number of pyridine rings is 1. The number of carbonyl (C=O) groups excluding carboxylic acids is 3. The van der Waals surface area contributed by atoms with E-state index in [1.807, 2.05) is 12.2 Å². The van der Waals surface area contributed by atoms with Gasteiger partial charge in [-0.25, -0.2) is 18.4 Å². The molecule has 3 amide bonds. The zero-order chi connectivity index (χ0) is 37.2. The predicted molar refractivity (Wildman–Crippen MR) is 188 cm³/mol. The molecule has 2 aliphatic heterocycles. The molecule has 278 valence electrons. The molecule has 11 nitrogen and oxygen atoms in total. The van der Waals surface area contributed by atoms with Crippen LogP contribution in [0.1, 0.15) is 62.6 Å². The maximum Gasteiger partial charge on any atom is 0.434 e. The molecule has 4 atom stereocenters. The van der Waals surface area contributed by atoms with Crippen LogP contribution in [-0.2, 0) is 30.6 Å². The third-order valence-electron chi connectivity index (χ3n) is 10.4. The zero-order valence-corrected chi connectivity index (χ0v) is 30.8. The number of hydrogen-bond acceptors (Lipinski definition) is 9. The van der Waals surface area contributed by atoms with Crippen LogP contribution in [0.25, 0.3) is 21.6 Å². The van der Waals surface area contributed by atoms with Crippen LogP contribution in [0, 0.1) is 18.3 Å². The van der Waals surface area contributed by atoms with Crippen molar-refractivity contribution in [3.05, 3.63) is 52.0 Å². The summed E-state index contributed by atoms with van der Waals surface area (Å²) in [7, 11) is -2.19. The number of ether oxygens (including phenoxy) is 1. The van der Waals surface area contributed by atoms with E-state index >= 15 is 0 Å². The van der Waals surface area contributed by atoms with E-state index in [1.54, 1.807) is 31.0 Å². The van der Waals surface area contributed by atoms with Gasteiger partial charge in [0.25, 0.3) is 0 Å². The Morgan fingerprint density at radius 3 is 2.65 bits per heavy atom. The molecule has 0 spiro atoms. The molecule has 1 unspecified atom stereocenters. The molecule has 3 fully saturated rings. The minimum Gasteiger partial charge on any atom is -0.488 e. The molecule has 0 bridgehead atoms. The van der Waals surface area contributed by atoms with E-state index < -0.39 is 56.5 Å². The highest BCUT2D eigenvalue weighted by Gasteiger charge is 2.61. The maximum absolute atomic E-state index is 14.2. The number of rotatable bonds is 6. The minimum atomic E-state index is -4.65. The quantitative estimate of drug-likeness (QED) is 0.306. The van der Waals surface area contributed by atoms with Crippen LogP contribution in [0.2, 0.25) is 5.02 Å². The number of likely N-dealkylation sites (N-methyl/N-ethyl adjacent to an activating group) is 1. The maximum atomic E-state index is 14.2. The zero-order valence-electron chi connectivity index (χ0n) is 28.4. The highest BCUT2D eigenvalue weighted by atomic mass is 35.5. The first-order valence-corrected chi connectivity index (χ1v) is 19.9. The van der Waals surface area contributed by atoms with Gasteiger partial charge in [0.15, 0.2) is 5.69 Å². The number of aryl methyl sites for hydroxylation is 1. The summed E-state index contributed by atoms with van der Waals surface area (Å²) in [6.45, 7) is 2.20. The number of alkyl halides is 3. The number of aromatic nitrogens is 2. The molecule has 2 aliphatic carbocycles. The number of thiazole rings is 1. The van der Waals surface area contributed by atoms with E-state index in [4.69, 9.17) is 16.3 Å². The third kappa shape index (κ3) is 7.13. The normalized spacial score (nSPS) is 26.5. The van der Waals surface area contributed by atoms with Crippen molar-refractivity contribution < 1.29 is 40.7 Å². The summed E-state index contributed by atoms with van der Waals surface area (Å²) in [5, 5.41) is 1.06. The second-order valence-corrected chi connectivity index (χ2v) is 17.4. The summed E-state index contributed by atoms with van der Waals surface area (Å²) < 4.78 is 74.5. The Kier molecular flexibility index (Phi) is 9.56. The largest absolute Gasteiger partial charge is 0.488 e. The van der Waals surface area contributed by atoms with Crippen LogP contribution in [0.4, 0.5) is 13.2 Å². The fraction of sp³-hybridized carbons (Fsp3) is 0.514. The number of benzene rings is 1. The fourth-order valence-corrected chi connectivity index (χ4v) is 9.44. The van der Waals surface area contributed by atoms with Gasteiger partial charge in [-0.05, 0) is 63.0 Å². The number of amides is 3. The van der Waals surface area contributed by atoms with Crippen LogP contribution < -0.4 is 9.46 Å². The number of halogens is 4. The van der Waals surface area contributed by atoms with Gasteiger partial charge in [-0.3, -0.25) is 19.1 Å². The highest BCUT2D eigenvalue weighted by molar-refractivity contribution is 7.90. The van der Waals surface area contributed by atoms with Crippen molar-refractivity contribution in [3.63, 3.8) is 0 Å². The van der Waals surface area contributed by atoms with Crippen LogP contribution in [0.15, 0.2) is 35.7 Å². The molecule has 3 aromatic rings. The van der Waals surface area contributed by atoms with Crippen LogP contribution in [0.5, 0.6) is 5.75 Å². The van der Waals surface area contributed by atoms with Crippen molar-refractivity contribution >= 4 is 61.6 Å². The lowest BCUT2D eigenvalue weighted by Crippen LogP contribution is -2.48. The molecular formula is C35H37ClF3N5O6S2. The number of allylic oxidation sites excluding steroid dienone is 2. The Morgan fingerprint density at radius 1 is 1.17 bits per heavy atom. The smallest absolute Gasteiger partial charge is 0.434 e. The van der Waals surface area contributed by atoms with Gasteiger partial charge < -0.3 is 14.5 Å². The first-order chi connectivity index (χ1) is 24.6. The molecule has 1 aromatic carbocycles. The molecule has 52 heavy (non-hydrogen) atoms. The molecule has 4 aliphatic rings. The second-order valence-electron chi connectivity index (χ2n) is 14.2. The third-order valence-corrected chi connectivity index (χ3v) is 13.5. The monoisotopic (exact) mass is 779 g/mol. The number of sulfonamides is 1. The Hall–Kier alpha value is -3.76. The standard InChI is InChI=1S/C35H37ClF3N5O6S2/c1-19-8-11-23-26(14-24(40-30(23)29(19)36)31-41-27(18-51-31)35(37,38)39)50-21-13-25-32(46)43(2)12-6-4-3-5-7-20-15-34(20,16-28(45)44(25)17-21)33(47)42-52(48,49)22-9-10-22/h5,7-8,11,14,18,20-22,25H,3-4,6,9-10,12-13,15-17H2,1-2H3,(H,42,47)/b7-5-/t20-,21?,25+,34-/m1/s1. The Labute approximate surface area is 307 Å². The van der Waals surface area contributed by atoms with Crippen LogP contribution in [-0.4, -0.2) is 83.4 Å². The van der Waals surface area contributed by atoms with E-state index in [0.29, 0.717) is 55.1 Å². The van der Waals surface area contributed by atoms with E-state index in [-0.39, 0.29) is 52.7 Å². The first kappa shape index (κ1) is 36.6. The molecule has 2 aromatic heterocycles.